The number of benzene rings is 2. The van der Waals surface area contributed by atoms with Crippen LogP contribution in [0.15, 0.2) is 48.7 Å². The number of H-pyrrole nitrogens is 1. The van der Waals surface area contributed by atoms with E-state index in [0.29, 0.717) is 24.7 Å². The van der Waals surface area contributed by atoms with E-state index in [1.165, 1.54) is 48.0 Å². The summed E-state index contributed by atoms with van der Waals surface area (Å²) >= 11 is 6.36. The number of hydrogen-bond acceptors (Lipinski definition) is 4. The molecule has 0 radical (unpaired) electrons. The minimum atomic E-state index is -0.942. The van der Waals surface area contributed by atoms with Gasteiger partial charge in [0.15, 0.2) is 0 Å². The van der Waals surface area contributed by atoms with Crippen LogP contribution in [0.2, 0.25) is 5.02 Å². The van der Waals surface area contributed by atoms with Crippen LogP contribution in [0.5, 0.6) is 0 Å². The molecule has 1 atom stereocenters. The summed E-state index contributed by atoms with van der Waals surface area (Å²) in [6.07, 6.45) is 13.8. The highest BCUT2D eigenvalue weighted by Gasteiger charge is 2.19. The van der Waals surface area contributed by atoms with Crippen LogP contribution in [0, 0.1) is 5.92 Å². The van der Waals surface area contributed by atoms with E-state index in [1.54, 1.807) is 0 Å². The molecule has 4 aromatic rings. The number of amides is 2. The average molecular weight is 632 g/mol. The second-order valence-corrected chi connectivity index (χ2v) is 12.8. The number of nitrogens with zero attached hydrogens (tertiary/aromatic N) is 2. The van der Waals surface area contributed by atoms with Gasteiger partial charge in [-0.2, -0.15) is 0 Å². The number of nitrogens with one attached hydrogen (secondary N) is 3. The minimum Gasteiger partial charge on any atom is -0.465 e. The zero-order valence-corrected chi connectivity index (χ0v) is 27.1. The van der Waals surface area contributed by atoms with Crippen LogP contribution >= 0.6 is 11.6 Å². The molecule has 0 bridgehead atoms. The Balaban J connectivity index is 1.08. The molecular weight excluding hydrogens is 586 g/mol. The Kier molecular flexibility index (Phi) is 11.6. The van der Waals surface area contributed by atoms with Gasteiger partial charge in [0.2, 0.25) is 5.91 Å². The Morgan fingerprint density at radius 2 is 1.80 bits per heavy atom. The highest BCUT2D eigenvalue weighted by atomic mass is 35.5. The molecule has 2 aromatic carbocycles. The molecule has 0 saturated carbocycles. The zero-order valence-electron chi connectivity index (χ0n) is 26.3. The Hall–Kier alpha value is -3.78. The molecule has 45 heavy (non-hydrogen) atoms. The van der Waals surface area contributed by atoms with Crippen molar-refractivity contribution in [2.75, 3.05) is 29.9 Å². The first kappa shape index (κ1) is 32.6. The Labute approximate surface area is 270 Å². The van der Waals surface area contributed by atoms with Crippen molar-refractivity contribution < 1.29 is 14.7 Å². The summed E-state index contributed by atoms with van der Waals surface area (Å²) in [5.41, 5.74) is 6.52. The molecular formula is C36H46ClN5O3. The van der Waals surface area contributed by atoms with Gasteiger partial charge in [-0.15, -0.1) is 0 Å². The third-order valence-corrected chi connectivity index (χ3v) is 9.32. The fourth-order valence-electron chi connectivity index (χ4n) is 6.64. The molecule has 2 amide bonds. The van der Waals surface area contributed by atoms with E-state index in [9.17, 15) is 14.7 Å². The molecule has 0 saturated heterocycles. The van der Waals surface area contributed by atoms with Gasteiger partial charge in [-0.3, -0.25) is 14.7 Å². The van der Waals surface area contributed by atoms with E-state index in [0.717, 1.165) is 91.2 Å². The molecule has 1 aliphatic carbocycles. The Morgan fingerprint density at radius 1 is 0.978 bits per heavy atom. The number of aryl methyl sites for hydroxylation is 1. The number of anilines is 2. The first-order valence-electron chi connectivity index (χ1n) is 16.6. The van der Waals surface area contributed by atoms with Gasteiger partial charge >= 0.3 is 6.09 Å². The fourth-order valence-corrected chi connectivity index (χ4v) is 6.81. The standard InChI is InChI=1S/C36H46ClN5O3/c1-25(43)38-20-16-26(18-22-42(36(44)45)29-13-15-32-27(23-29)17-21-39-32)9-5-3-2-4-8-19-40-35-30-10-6-7-11-33(30)41-34-14-12-28(37)24-31(34)35/h12-15,17,21,23-24,26,39H,2-11,16,18-20,22H2,1H3,(H,38,43)(H,40,41)(H,44,45). The van der Waals surface area contributed by atoms with E-state index in [2.05, 4.69) is 15.6 Å². The van der Waals surface area contributed by atoms with Crippen LogP contribution in [0.4, 0.5) is 16.2 Å². The Morgan fingerprint density at radius 3 is 2.64 bits per heavy atom. The van der Waals surface area contributed by atoms with Crippen molar-refractivity contribution in [3.63, 3.8) is 0 Å². The minimum absolute atomic E-state index is 0.0299. The number of carboxylic acid groups (broad SMARTS) is 1. The van der Waals surface area contributed by atoms with Gasteiger partial charge in [-0.1, -0.05) is 43.7 Å². The zero-order chi connectivity index (χ0) is 31.6. The van der Waals surface area contributed by atoms with Crippen molar-refractivity contribution in [1.82, 2.24) is 15.3 Å². The summed E-state index contributed by atoms with van der Waals surface area (Å²) < 4.78 is 0. The molecule has 240 valence electrons. The third kappa shape index (κ3) is 8.91. The highest BCUT2D eigenvalue weighted by Crippen LogP contribution is 2.34. The molecule has 2 heterocycles. The number of hydrogen-bond donors (Lipinski definition) is 4. The molecule has 1 aliphatic rings. The summed E-state index contributed by atoms with van der Waals surface area (Å²) in [4.78, 5) is 33.2. The number of halogens is 1. The van der Waals surface area contributed by atoms with Crippen molar-refractivity contribution in [1.29, 1.82) is 0 Å². The normalized spacial score (nSPS) is 13.5. The molecule has 2 aromatic heterocycles. The summed E-state index contributed by atoms with van der Waals surface area (Å²) in [5, 5.41) is 19.5. The number of carbonyl (C=O) groups is 2. The van der Waals surface area contributed by atoms with Crippen LogP contribution in [-0.2, 0) is 17.6 Å². The van der Waals surface area contributed by atoms with Crippen molar-refractivity contribution in [3.05, 3.63) is 64.9 Å². The van der Waals surface area contributed by atoms with Gasteiger partial charge in [-0.05, 0) is 98.9 Å². The van der Waals surface area contributed by atoms with Crippen LogP contribution in [0.25, 0.3) is 21.8 Å². The lowest BCUT2D eigenvalue weighted by Crippen LogP contribution is -2.32. The van der Waals surface area contributed by atoms with Crippen molar-refractivity contribution in [2.45, 2.75) is 84.0 Å². The van der Waals surface area contributed by atoms with E-state index in [1.807, 2.05) is 48.7 Å². The molecule has 0 aliphatic heterocycles. The maximum Gasteiger partial charge on any atom is 0.411 e. The van der Waals surface area contributed by atoms with Gasteiger partial charge < -0.3 is 20.7 Å². The van der Waals surface area contributed by atoms with Crippen LogP contribution < -0.4 is 15.5 Å². The molecule has 1 unspecified atom stereocenters. The van der Waals surface area contributed by atoms with Crippen LogP contribution in [0.1, 0.15) is 82.4 Å². The number of aromatic nitrogens is 2. The van der Waals surface area contributed by atoms with Gasteiger partial charge in [0.25, 0.3) is 0 Å². The quantitative estimate of drug-likeness (QED) is 0.0924. The predicted molar refractivity (Wildman–Crippen MR) is 185 cm³/mol. The predicted octanol–water partition coefficient (Wildman–Crippen LogP) is 8.72. The van der Waals surface area contributed by atoms with E-state index >= 15 is 0 Å². The first-order chi connectivity index (χ1) is 21.9. The smallest absolute Gasteiger partial charge is 0.411 e. The maximum absolute atomic E-state index is 12.2. The van der Waals surface area contributed by atoms with E-state index in [4.69, 9.17) is 16.6 Å². The number of rotatable bonds is 16. The van der Waals surface area contributed by atoms with Crippen LogP contribution in [0.3, 0.4) is 0 Å². The third-order valence-electron chi connectivity index (χ3n) is 9.08. The van der Waals surface area contributed by atoms with Gasteiger partial charge in [0.1, 0.15) is 0 Å². The summed E-state index contributed by atoms with van der Waals surface area (Å²) in [5.74, 6) is 0.312. The highest BCUT2D eigenvalue weighted by molar-refractivity contribution is 6.31. The van der Waals surface area contributed by atoms with Crippen LogP contribution in [-0.4, -0.2) is 46.7 Å². The molecule has 0 fully saturated rings. The molecule has 0 spiro atoms. The van der Waals surface area contributed by atoms with Crippen molar-refractivity contribution in [3.8, 4) is 0 Å². The summed E-state index contributed by atoms with van der Waals surface area (Å²) in [6, 6.07) is 13.6. The number of carbonyl (C=O) groups excluding carboxylic acids is 1. The largest absolute Gasteiger partial charge is 0.465 e. The maximum atomic E-state index is 12.2. The number of aromatic amines is 1. The monoisotopic (exact) mass is 631 g/mol. The average Bonchev–Trinajstić information content (AvgIpc) is 3.49. The van der Waals surface area contributed by atoms with Gasteiger partial charge in [0.05, 0.1) is 5.52 Å². The molecule has 8 nitrogen and oxygen atoms in total. The first-order valence-corrected chi connectivity index (χ1v) is 16.9. The van der Waals surface area contributed by atoms with Gasteiger partial charge in [-0.25, -0.2) is 4.79 Å². The summed E-state index contributed by atoms with van der Waals surface area (Å²) in [7, 11) is 0. The number of unbranched alkanes of at least 4 members (excludes halogenated alkanes) is 4. The molecule has 5 rings (SSSR count). The van der Waals surface area contributed by atoms with E-state index < -0.39 is 6.09 Å². The summed E-state index contributed by atoms with van der Waals surface area (Å²) in [6.45, 7) is 3.51. The number of fused-ring (bicyclic) bond motifs is 3. The number of pyridine rings is 1. The second-order valence-electron chi connectivity index (χ2n) is 12.4. The van der Waals surface area contributed by atoms with Crippen molar-refractivity contribution >= 4 is 56.8 Å². The topological polar surface area (TPSA) is 110 Å². The second kappa shape index (κ2) is 16.0. The van der Waals surface area contributed by atoms with Gasteiger partial charge in [0, 0.05) is 71.1 Å². The lowest BCUT2D eigenvalue weighted by Gasteiger charge is -2.23. The molecule has 9 heteroatoms. The fraction of sp³-hybridized carbons (Fsp3) is 0.472. The lowest BCUT2D eigenvalue weighted by atomic mass is 9.92. The SMILES string of the molecule is CC(=O)NCCC(CCCCCCCNc1c2c(nc3ccc(Cl)cc13)CCCC2)CCN(C(=O)O)c1ccc2[nH]ccc2c1. The Bertz CT molecular complexity index is 1600. The van der Waals surface area contributed by atoms with E-state index in [-0.39, 0.29) is 5.91 Å². The van der Waals surface area contributed by atoms with Crippen molar-refractivity contribution in [2.24, 2.45) is 5.92 Å². The lowest BCUT2D eigenvalue weighted by molar-refractivity contribution is -0.119. The molecule has 4 N–H and O–H groups in total.